The molecule has 33 heavy (non-hydrogen) atoms. The topological polar surface area (TPSA) is 71.4 Å². The number of anilines is 1. The summed E-state index contributed by atoms with van der Waals surface area (Å²) in [7, 11) is 0. The van der Waals surface area contributed by atoms with Crippen LogP contribution in [0.25, 0.3) is 10.8 Å². The lowest BCUT2D eigenvalue weighted by molar-refractivity contribution is 0.0972. The van der Waals surface area contributed by atoms with Crippen LogP contribution in [-0.2, 0) is 0 Å². The summed E-state index contributed by atoms with van der Waals surface area (Å²) in [6.07, 6.45) is 10.5. The number of unbranched alkanes of at least 4 members (excludes halogenated alkanes) is 4. The van der Waals surface area contributed by atoms with Crippen molar-refractivity contribution >= 4 is 39.5 Å². The maximum atomic E-state index is 12.9. The Bertz CT molecular complexity index is 1190. The van der Waals surface area contributed by atoms with E-state index in [4.69, 9.17) is 4.99 Å². The van der Waals surface area contributed by atoms with Crippen LogP contribution >= 0.6 is 0 Å². The summed E-state index contributed by atoms with van der Waals surface area (Å²) >= 11 is 0. The smallest absolute Gasteiger partial charge is 0.162 e. The van der Waals surface area contributed by atoms with Crippen molar-refractivity contribution in [2.75, 3.05) is 5.32 Å². The highest BCUT2D eigenvalue weighted by Gasteiger charge is 2.21. The largest absolute Gasteiger partial charge is 0.339 e. The van der Waals surface area contributed by atoms with Crippen molar-refractivity contribution in [3.8, 4) is 0 Å². The van der Waals surface area contributed by atoms with Gasteiger partial charge < -0.3 is 5.32 Å². The predicted molar refractivity (Wildman–Crippen MR) is 135 cm³/mol. The molecule has 0 saturated carbocycles. The number of carbonyl (C=O) groups is 2. The van der Waals surface area contributed by atoms with Gasteiger partial charge in [-0.1, -0.05) is 39.5 Å². The first-order valence-corrected chi connectivity index (χ1v) is 12.0. The molecule has 1 aliphatic heterocycles. The molecular weight excluding hydrogens is 410 g/mol. The Morgan fingerprint density at radius 2 is 1.42 bits per heavy atom. The van der Waals surface area contributed by atoms with E-state index in [9.17, 15) is 9.59 Å². The quantitative estimate of drug-likeness (QED) is 0.251. The van der Waals surface area contributed by atoms with Crippen molar-refractivity contribution in [3.05, 3.63) is 65.5 Å². The Balaban J connectivity index is 1.78. The molecule has 0 spiro atoms. The number of pyridine rings is 1. The van der Waals surface area contributed by atoms with Gasteiger partial charge in [0.1, 0.15) is 5.84 Å². The lowest BCUT2D eigenvalue weighted by Gasteiger charge is -2.21. The number of rotatable bonds is 11. The Morgan fingerprint density at radius 1 is 0.818 bits per heavy atom. The second-order valence-corrected chi connectivity index (χ2v) is 8.70. The summed E-state index contributed by atoms with van der Waals surface area (Å²) in [6, 6.07) is 11.5. The Hall–Kier alpha value is -3.34. The second-order valence-electron chi connectivity index (χ2n) is 8.70. The monoisotopic (exact) mass is 441 g/mol. The molecule has 0 bridgehead atoms. The number of carbonyl (C=O) groups excluding carboxylic acids is 2. The standard InChI is InChI=1S/C28H31N3O2/c1-3-5-7-9-25(32)20-15-22-16-21(26(33)10-8-6-4-2)18-24-27(22)23(17-20)30-28(31-24)19-11-13-29-14-12-19/h11-18H,3-10H2,1-2H3,(H,30,31). The van der Waals surface area contributed by atoms with Crippen molar-refractivity contribution < 1.29 is 9.59 Å². The Morgan fingerprint density at radius 3 is 2.03 bits per heavy atom. The van der Waals surface area contributed by atoms with E-state index in [0.29, 0.717) is 29.8 Å². The number of aromatic nitrogens is 1. The van der Waals surface area contributed by atoms with Gasteiger partial charge in [-0.05, 0) is 54.6 Å². The molecule has 0 fully saturated rings. The molecule has 0 aliphatic carbocycles. The van der Waals surface area contributed by atoms with Crippen LogP contribution in [0, 0.1) is 0 Å². The van der Waals surface area contributed by atoms with Gasteiger partial charge >= 0.3 is 0 Å². The molecule has 2 heterocycles. The lowest BCUT2D eigenvalue weighted by atomic mass is 9.94. The van der Waals surface area contributed by atoms with E-state index in [1.54, 1.807) is 12.4 Å². The molecule has 0 atom stereocenters. The van der Waals surface area contributed by atoms with E-state index < -0.39 is 0 Å². The summed E-state index contributed by atoms with van der Waals surface area (Å²) in [5.41, 5.74) is 3.86. The minimum absolute atomic E-state index is 0.127. The second kappa shape index (κ2) is 10.5. The Labute approximate surface area is 195 Å². The summed E-state index contributed by atoms with van der Waals surface area (Å²) in [5.74, 6) is 0.956. The van der Waals surface area contributed by atoms with Gasteiger partial charge in [-0.3, -0.25) is 14.6 Å². The summed E-state index contributed by atoms with van der Waals surface area (Å²) in [6.45, 7) is 4.27. The van der Waals surface area contributed by atoms with Gasteiger partial charge in [-0.15, -0.1) is 0 Å². The first-order chi connectivity index (χ1) is 16.1. The zero-order valence-corrected chi connectivity index (χ0v) is 19.5. The number of Topliss-reactive ketones (excluding diaryl/α,β-unsaturated/α-hetero) is 2. The molecule has 5 heteroatoms. The highest BCUT2D eigenvalue weighted by Crippen LogP contribution is 2.39. The third-order valence-corrected chi connectivity index (χ3v) is 6.13. The lowest BCUT2D eigenvalue weighted by Crippen LogP contribution is -2.17. The van der Waals surface area contributed by atoms with Gasteiger partial charge in [0.05, 0.1) is 11.4 Å². The maximum Gasteiger partial charge on any atom is 0.162 e. The molecule has 0 amide bonds. The average Bonchev–Trinajstić information content (AvgIpc) is 2.84. The fourth-order valence-electron chi connectivity index (χ4n) is 4.28. The minimum atomic E-state index is 0.127. The summed E-state index contributed by atoms with van der Waals surface area (Å²) in [4.78, 5) is 34.8. The van der Waals surface area contributed by atoms with Crippen LogP contribution in [0.5, 0.6) is 0 Å². The fourth-order valence-corrected chi connectivity index (χ4v) is 4.28. The van der Waals surface area contributed by atoms with E-state index in [-0.39, 0.29) is 11.6 Å². The van der Waals surface area contributed by atoms with Crippen LogP contribution in [0.4, 0.5) is 11.4 Å². The van der Waals surface area contributed by atoms with Gasteiger partial charge in [0.25, 0.3) is 0 Å². The number of benzene rings is 2. The molecule has 170 valence electrons. The van der Waals surface area contributed by atoms with E-state index >= 15 is 0 Å². The molecule has 0 unspecified atom stereocenters. The highest BCUT2D eigenvalue weighted by atomic mass is 16.1. The van der Waals surface area contributed by atoms with Crippen LogP contribution in [-0.4, -0.2) is 22.4 Å². The summed E-state index contributed by atoms with van der Waals surface area (Å²) in [5, 5.41) is 5.25. The average molecular weight is 442 g/mol. The SMILES string of the molecule is CCCCCC(=O)c1cc2c3c(cc(C(=O)CCCCC)cc3c1)NC(c1ccncc1)=N2. The van der Waals surface area contributed by atoms with Crippen LogP contribution in [0.2, 0.25) is 0 Å². The number of aliphatic imine (C=N–C) groups is 1. The molecule has 0 radical (unpaired) electrons. The number of ketones is 2. The van der Waals surface area contributed by atoms with Gasteiger partial charge in [-0.25, -0.2) is 4.99 Å². The van der Waals surface area contributed by atoms with Crippen molar-refractivity contribution in [2.45, 2.75) is 65.2 Å². The van der Waals surface area contributed by atoms with Crippen LogP contribution in [0.1, 0.15) is 91.5 Å². The molecular formula is C28H31N3O2. The van der Waals surface area contributed by atoms with Gasteiger partial charge in [-0.2, -0.15) is 0 Å². The molecule has 1 N–H and O–H groups in total. The fraction of sp³-hybridized carbons (Fsp3) is 0.357. The van der Waals surface area contributed by atoms with E-state index in [1.807, 2.05) is 36.4 Å². The zero-order chi connectivity index (χ0) is 23.2. The van der Waals surface area contributed by atoms with Gasteiger partial charge in [0, 0.05) is 47.3 Å². The minimum Gasteiger partial charge on any atom is -0.339 e. The van der Waals surface area contributed by atoms with Gasteiger partial charge in [0.2, 0.25) is 0 Å². The first kappa shape index (κ1) is 22.8. The van der Waals surface area contributed by atoms with E-state index in [1.165, 1.54) is 0 Å². The number of amidine groups is 1. The van der Waals surface area contributed by atoms with Crippen LogP contribution in [0.3, 0.4) is 0 Å². The molecule has 3 aromatic rings. The Kier molecular flexibility index (Phi) is 7.28. The van der Waals surface area contributed by atoms with Crippen molar-refractivity contribution in [3.63, 3.8) is 0 Å². The maximum absolute atomic E-state index is 12.9. The van der Waals surface area contributed by atoms with E-state index in [2.05, 4.69) is 24.1 Å². The van der Waals surface area contributed by atoms with Crippen molar-refractivity contribution in [1.29, 1.82) is 0 Å². The third-order valence-electron chi connectivity index (χ3n) is 6.13. The third kappa shape index (κ3) is 5.19. The first-order valence-electron chi connectivity index (χ1n) is 12.0. The van der Waals surface area contributed by atoms with Crippen molar-refractivity contribution in [2.24, 2.45) is 4.99 Å². The number of hydrogen-bond acceptors (Lipinski definition) is 5. The van der Waals surface area contributed by atoms with Crippen LogP contribution in [0.15, 0.2) is 53.8 Å². The number of hydrogen-bond donors (Lipinski definition) is 1. The molecule has 2 aromatic carbocycles. The summed E-state index contributed by atoms with van der Waals surface area (Å²) < 4.78 is 0. The number of nitrogens with one attached hydrogen (secondary N) is 1. The van der Waals surface area contributed by atoms with Gasteiger partial charge in [0.15, 0.2) is 11.6 Å². The number of nitrogens with zero attached hydrogens (tertiary/aromatic N) is 2. The molecule has 0 saturated heterocycles. The van der Waals surface area contributed by atoms with Crippen molar-refractivity contribution in [1.82, 2.24) is 4.98 Å². The molecule has 1 aliphatic rings. The highest BCUT2D eigenvalue weighted by molar-refractivity contribution is 6.21. The zero-order valence-electron chi connectivity index (χ0n) is 19.5. The molecule has 1 aromatic heterocycles. The molecule has 5 nitrogen and oxygen atoms in total. The molecule has 4 rings (SSSR count). The predicted octanol–water partition coefficient (Wildman–Crippen LogP) is 7.26. The van der Waals surface area contributed by atoms with E-state index in [0.717, 1.165) is 66.2 Å². The normalized spacial score (nSPS) is 12.4. The van der Waals surface area contributed by atoms with Crippen LogP contribution < -0.4 is 5.32 Å².